The minimum atomic E-state index is 0.0242. The molecule has 1 unspecified atom stereocenters. The van der Waals surface area contributed by atoms with Gasteiger partial charge in [-0.2, -0.15) is 0 Å². The smallest absolute Gasteiger partial charge is 0.225 e. The molecule has 2 aliphatic rings. The number of nitrogens with one attached hydrogen (secondary N) is 1. The Labute approximate surface area is 161 Å². The van der Waals surface area contributed by atoms with Crippen LogP contribution in [0, 0.1) is 12.8 Å². The molecule has 1 N–H and O–H groups in total. The molecule has 3 heterocycles. The molecule has 0 bridgehead atoms. The highest BCUT2D eigenvalue weighted by Crippen LogP contribution is 2.28. The second-order valence-electron chi connectivity index (χ2n) is 7.99. The minimum absolute atomic E-state index is 0.0242. The Bertz CT molecular complexity index is 789. The lowest BCUT2D eigenvalue weighted by molar-refractivity contribution is -0.136. The molecule has 1 aromatic carbocycles. The number of carbonyl (C=O) groups excluding carboxylic acids is 1. The molecule has 0 spiro atoms. The molecule has 1 fully saturated rings. The Balaban J connectivity index is 1.34. The first kappa shape index (κ1) is 18.2. The van der Waals surface area contributed by atoms with Crippen molar-refractivity contribution in [1.29, 1.82) is 0 Å². The Morgan fingerprint density at radius 2 is 1.93 bits per heavy atom. The van der Waals surface area contributed by atoms with Crippen molar-refractivity contribution < 1.29 is 4.79 Å². The Morgan fingerprint density at radius 3 is 2.67 bits per heavy atom. The van der Waals surface area contributed by atoms with Crippen LogP contribution >= 0.6 is 0 Å². The third-order valence-corrected chi connectivity index (χ3v) is 5.91. The first-order chi connectivity index (χ1) is 13.1. The first-order valence-corrected chi connectivity index (χ1v) is 10.1. The number of likely N-dealkylation sites (tertiary alicyclic amines) is 1. The maximum Gasteiger partial charge on any atom is 0.225 e. The SMILES string of the molecule is Cc1ccc(CC(C)C(=O)N2CCC(c3nnc4n3CCNC4)CC2)cc1. The molecule has 0 saturated carbocycles. The summed E-state index contributed by atoms with van der Waals surface area (Å²) in [6.45, 7) is 8.52. The van der Waals surface area contributed by atoms with Crippen LogP contribution in [0.1, 0.15) is 48.5 Å². The molecule has 27 heavy (non-hydrogen) atoms. The van der Waals surface area contributed by atoms with Gasteiger partial charge >= 0.3 is 0 Å². The van der Waals surface area contributed by atoms with E-state index in [0.717, 1.165) is 63.6 Å². The van der Waals surface area contributed by atoms with Crippen LogP contribution in [0.5, 0.6) is 0 Å². The second-order valence-corrected chi connectivity index (χ2v) is 7.99. The molecule has 6 nitrogen and oxygen atoms in total. The average Bonchev–Trinajstić information content (AvgIpc) is 3.13. The summed E-state index contributed by atoms with van der Waals surface area (Å²) in [5, 5.41) is 12.1. The second kappa shape index (κ2) is 7.80. The van der Waals surface area contributed by atoms with Crippen LogP contribution in [0.3, 0.4) is 0 Å². The van der Waals surface area contributed by atoms with Gasteiger partial charge < -0.3 is 14.8 Å². The van der Waals surface area contributed by atoms with Crippen molar-refractivity contribution in [2.45, 2.75) is 52.1 Å². The van der Waals surface area contributed by atoms with E-state index < -0.39 is 0 Å². The quantitative estimate of drug-likeness (QED) is 0.900. The van der Waals surface area contributed by atoms with E-state index in [0.29, 0.717) is 5.92 Å². The van der Waals surface area contributed by atoms with Crippen LogP contribution in [0.2, 0.25) is 0 Å². The lowest BCUT2D eigenvalue weighted by atomic mass is 9.93. The number of hydrogen-bond acceptors (Lipinski definition) is 4. The van der Waals surface area contributed by atoms with Crippen LogP contribution in [0.25, 0.3) is 0 Å². The number of hydrogen-bond donors (Lipinski definition) is 1. The fraction of sp³-hybridized carbons (Fsp3) is 0.571. The Hall–Kier alpha value is -2.21. The van der Waals surface area contributed by atoms with Gasteiger partial charge in [0.15, 0.2) is 0 Å². The standard InChI is InChI=1S/C21H29N5O/c1-15-3-5-17(6-4-15)13-16(2)21(27)25-10-7-18(8-11-25)20-24-23-19-14-22-9-12-26(19)20/h3-6,16,18,22H,7-14H2,1-2H3. The van der Waals surface area contributed by atoms with Gasteiger partial charge in [0.1, 0.15) is 11.6 Å². The third-order valence-electron chi connectivity index (χ3n) is 5.91. The van der Waals surface area contributed by atoms with Crippen LogP contribution in [0.15, 0.2) is 24.3 Å². The van der Waals surface area contributed by atoms with Crippen LogP contribution < -0.4 is 5.32 Å². The number of piperidine rings is 1. The first-order valence-electron chi connectivity index (χ1n) is 10.1. The highest BCUT2D eigenvalue weighted by Gasteiger charge is 2.30. The number of carbonyl (C=O) groups is 1. The normalized spacial score (nSPS) is 19.0. The fourth-order valence-electron chi connectivity index (χ4n) is 4.25. The van der Waals surface area contributed by atoms with Crippen molar-refractivity contribution >= 4 is 5.91 Å². The molecule has 6 heteroatoms. The number of fused-ring (bicyclic) bond motifs is 1. The Morgan fingerprint density at radius 1 is 1.19 bits per heavy atom. The number of amides is 1. The predicted molar refractivity (Wildman–Crippen MR) is 104 cm³/mol. The molecule has 0 aliphatic carbocycles. The summed E-state index contributed by atoms with van der Waals surface area (Å²) in [6.07, 6.45) is 2.77. The number of benzene rings is 1. The van der Waals surface area contributed by atoms with Crippen molar-refractivity contribution in [2.75, 3.05) is 19.6 Å². The average molecular weight is 367 g/mol. The molecule has 1 atom stereocenters. The monoisotopic (exact) mass is 367 g/mol. The molecule has 2 aliphatic heterocycles. The zero-order chi connectivity index (χ0) is 18.8. The molecule has 1 saturated heterocycles. The summed E-state index contributed by atoms with van der Waals surface area (Å²) in [4.78, 5) is 14.9. The van der Waals surface area contributed by atoms with E-state index in [-0.39, 0.29) is 11.8 Å². The molecular formula is C21H29N5O. The molecule has 1 aromatic heterocycles. The summed E-state index contributed by atoms with van der Waals surface area (Å²) in [6, 6.07) is 8.50. The van der Waals surface area contributed by atoms with Crippen molar-refractivity contribution in [2.24, 2.45) is 5.92 Å². The molecular weight excluding hydrogens is 338 g/mol. The van der Waals surface area contributed by atoms with Crippen molar-refractivity contribution in [3.8, 4) is 0 Å². The van der Waals surface area contributed by atoms with E-state index in [2.05, 4.69) is 58.2 Å². The van der Waals surface area contributed by atoms with Crippen molar-refractivity contribution in [3.63, 3.8) is 0 Å². The van der Waals surface area contributed by atoms with Gasteiger partial charge in [0.25, 0.3) is 0 Å². The number of rotatable bonds is 4. The molecule has 4 rings (SSSR count). The third kappa shape index (κ3) is 3.90. The Kier molecular flexibility index (Phi) is 5.25. The van der Waals surface area contributed by atoms with E-state index in [1.54, 1.807) is 0 Å². The van der Waals surface area contributed by atoms with Gasteiger partial charge in [0, 0.05) is 38.0 Å². The minimum Gasteiger partial charge on any atom is -0.342 e. The molecule has 1 amide bonds. The van der Waals surface area contributed by atoms with E-state index in [1.807, 2.05) is 4.90 Å². The highest BCUT2D eigenvalue weighted by molar-refractivity contribution is 5.79. The number of aryl methyl sites for hydroxylation is 1. The van der Waals surface area contributed by atoms with Gasteiger partial charge in [0.2, 0.25) is 5.91 Å². The number of nitrogens with zero attached hydrogens (tertiary/aromatic N) is 4. The lowest BCUT2D eigenvalue weighted by Crippen LogP contribution is -2.41. The van der Waals surface area contributed by atoms with Crippen LogP contribution in [0.4, 0.5) is 0 Å². The maximum atomic E-state index is 12.9. The fourth-order valence-corrected chi connectivity index (χ4v) is 4.25. The molecule has 0 radical (unpaired) electrons. The van der Waals surface area contributed by atoms with Gasteiger partial charge in [-0.3, -0.25) is 4.79 Å². The van der Waals surface area contributed by atoms with Crippen molar-refractivity contribution in [1.82, 2.24) is 25.0 Å². The van der Waals surface area contributed by atoms with E-state index in [4.69, 9.17) is 0 Å². The van der Waals surface area contributed by atoms with Crippen molar-refractivity contribution in [3.05, 3.63) is 47.0 Å². The summed E-state index contributed by atoms with van der Waals surface area (Å²) in [7, 11) is 0. The summed E-state index contributed by atoms with van der Waals surface area (Å²) in [5.41, 5.74) is 2.49. The predicted octanol–water partition coefficient (Wildman–Crippen LogP) is 2.27. The summed E-state index contributed by atoms with van der Waals surface area (Å²) < 4.78 is 2.28. The van der Waals surface area contributed by atoms with Crippen LogP contribution in [-0.4, -0.2) is 45.2 Å². The zero-order valence-electron chi connectivity index (χ0n) is 16.3. The summed E-state index contributed by atoms with van der Waals surface area (Å²) >= 11 is 0. The van der Waals surface area contributed by atoms with Gasteiger partial charge in [-0.05, 0) is 31.7 Å². The van der Waals surface area contributed by atoms with E-state index in [1.165, 1.54) is 11.1 Å². The highest BCUT2D eigenvalue weighted by atomic mass is 16.2. The summed E-state index contributed by atoms with van der Waals surface area (Å²) in [5.74, 6) is 2.88. The lowest BCUT2D eigenvalue weighted by Gasteiger charge is -2.33. The molecule has 2 aromatic rings. The van der Waals surface area contributed by atoms with Crippen LogP contribution in [-0.2, 0) is 24.3 Å². The molecule has 144 valence electrons. The van der Waals surface area contributed by atoms with Gasteiger partial charge in [-0.25, -0.2) is 0 Å². The maximum absolute atomic E-state index is 12.9. The largest absolute Gasteiger partial charge is 0.342 e. The topological polar surface area (TPSA) is 63.1 Å². The van der Waals surface area contributed by atoms with Gasteiger partial charge in [0.05, 0.1) is 6.54 Å². The zero-order valence-corrected chi connectivity index (χ0v) is 16.3. The van der Waals surface area contributed by atoms with Gasteiger partial charge in [-0.1, -0.05) is 36.8 Å². The number of aromatic nitrogens is 3. The van der Waals surface area contributed by atoms with E-state index >= 15 is 0 Å². The van der Waals surface area contributed by atoms with Gasteiger partial charge in [-0.15, -0.1) is 10.2 Å². The van der Waals surface area contributed by atoms with E-state index in [9.17, 15) is 4.79 Å².